The maximum atomic E-state index is 13.3. The van der Waals surface area contributed by atoms with Crippen molar-refractivity contribution in [1.29, 1.82) is 5.26 Å². The number of ether oxygens (including phenoxy) is 2. The monoisotopic (exact) mass is 319 g/mol. The van der Waals surface area contributed by atoms with E-state index in [9.17, 15) is 18.4 Å². The van der Waals surface area contributed by atoms with E-state index in [1.165, 1.54) is 20.3 Å². The van der Waals surface area contributed by atoms with E-state index >= 15 is 0 Å². The highest BCUT2D eigenvalue weighted by Crippen LogP contribution is 2.31. The van der Waals surface area contributed by atoms with E-state index in [0.29, 0.717) is 17.1 Å². The second kappa shape index (κ2) is 6.88. The standard InChI is InChI=1S/C17H12F3NO2/c1-22-15-4-3-11(8-16(15)23-2)12(9-21)5-10-6-13(18)17(20)14(19)7-10/h3-8H,1-2H3/b12-5+. The van der Waals surface area contributed by atoms with Gasteiger partial charge < -0.3 is 9.47 Å². The summed E-state index contributed by atoms with van der Waals surface area (Å²) in [6.45, 7) is 0. The van der Waals surface area contributed by atoms with Gasteiger partial charge in [0.25, 0.3) is 0 Å². The normalized spacial score (nSPS) is 11.0. The maximum Gasteiger partial charge on any atom is 0.194 e. The molecule has 0 N–H and O–H groups in total. The highest BCUT2D eigenvalue weighted by molar-refractivity contribution is 5.90. The van der Waals surface area contributed by atoms with E-state index < -0.39 is 17.5 Å². The topological polar surface area (TPSA) is 42.2 Å². The van der Waals surface area contributed by atoms with Gasteiger partial charge in [-0.3, -0.25) is 0 Å². The summed E-state index contributed by atoms with van der Waals surface area (Å²) in [5, 5.41) is 9.27. The highest BCUT2D eigenvalue weighted by atomic mass is 19.2. The van der Waals surface area contributed by atoms with Crippen molar-refractivity contribution in [1.82, 2.24) is 0 Å². The predicted octanol–water partition coefficient (Wildman–Crippen LogP) is 4.19. The van der Waals surface area contributed by atoms with Crippen molar-refractivity contribution in [2.75, 3.05) is 14.2 Å². The highest BCUT2D eigenvalue weighted by Gasteiger charge is 2.12. The van der Waals surface area contributed by atoms with Gasteiger partial charge in [-0.2, -0.15) is 5.26 Å². The lowest BCUT2D eigenvalue weighted by Crippen LogP contribution is -1.93. The van der Waals surface area contributed by atoms with Crippen molar-refractivity contribution in [3.05, 3.63) is 58.9 Å². The number of methoxy groups -OCH3 is 2. The Morgan fingerprint density at radius 3 is 2.13 bits per heavy atom. The average molecular weight is 319 g/mol. The lowest BCUT2D eigenvalue weighted by Gasteiger charge is -2.09. The first-order valence-electron chi connectivity index (χ1n) is 6.49. The number of hydrogen-bond donors (Lipinski definition) is 0. The molecule has 0 aromatic heterocycles. The van der Waals surface area contributed by atoms with Gasteiger partial charge in [-0.05, 0) is 47.5 Å². The van der Waals surface area contributed by atoms with Gasteiger partial charge in [0.2, 0.25) is 0 Å². The number of halogens is 3. The molecule has 2 aromatic rings. The number of benzene rings is 2. The van der Waals surface area contributed by atoms with Crippen LogP contribution in [0.15, 0.2) is 30.3 Å². The summed E-state index contributed by atoms with van der Waals surface area (Å²) in [4.78, 5) is 0. The van der Waals surface area contributed by atoms with Crippen molar-refractivity contribution in [2.45, 2.75) is 0 Å². The minimum absolute atomic E-state index is 0.0349. The molecule has 0 unspecified atom stereocenters. The minimum atomic E-state index is -1.55. The molecule has 0 spiro atoms. The molecule has 0 aliphatic rings. The van der Waals surface area contributed by atoms with Crippen molar-refractivity contribution in [3.8, 4) is 17.6 Å². The molecule has 2 aromatic carbocycles. The third-order valence-corrected chi connectivity index (χ3v) is 3.13. The van der Waals surface area contributed by atoms with Crippen LogP contribution in [0.5, 0.6) is 11.5 Å². The largest absolute Gasteiger partial charge is 0.493 e. The van der Waals surface area contributed by atoms with E-state index in [0.717, 1.165) is 12.1 Å². The Morgan fingerprint density at radius 2 is 1.61 bits per heavy atom. The molecule has 0 fully saturated rings. The fourth-order valence-electron chi connectivity index (χ4n) is 2.01. The van der Waals surface area contributed by atoms with E-state index in [-0.39, 0.29) is 11.1 Å². The maximum absolute atomic E-state index is 13.3. The van der Waals surface area contributed by atoms with Crippen LogP contribution in [0.4, 0.5) is 13.2 Å². The Labute approximate surface area is 131 Å². The summed E-state index contributed by atoms with van der Waals surface area (Å²) >= 11 is 0. The number of nitrogens with zero attached hydrogens (tertiary/aromatic N) is 1. The van der Waals surface area contributed by atoms with E-state index in [2.05, 4.69) is 0 Å². The predicted molar refractivity (Wildman–Crippen MR) is 79.3 cm³/mol. The van der Waals surface area contributed by atoms with Gasteiger partial charge in [-0.15, -0.1) is 0 Å². The van der Waals surface area contributed by atoms with Crippen LogP contribution < -0.4 is 9.47 Å². The summed E-state index contributed by atoms with van der Waals surface area (Å²) in [5.74, 6) is -3.30. The van der Waals surface area contributed by atoms with Gasteiger partial charge in [-0.1, -0.05) is 0 Å². The van der Waals surface area contributed by atoms with Gasteiger partial charge >= 0.3 is 0 Å². The molecule has 6 heteroatoms. The second-order valence-corrected chi connectivity index (χ2v) is 4.54. The van der Waals surface area contributed by atoms with Crippen LogP contribution >= 0.6 is 0 Å². The number of nitriles is 1. The van der Waals surface area contributed by atoms with Crippen LogP contribution in [0.2, 0.25) is 0 Å². The van der Waals surface area contributed by atoms with Crippen LogP contribution in [0, 0.1) is 28.8 Å². The lowest BCUT2D eigenvalue weighted by atomic mass is 10.0. The van der Waals surface area contributed by atoms with Crippen LogP contribution in [0.25, 0.3) is 11.6 Å². The molecule has 0 aliphatic carbocycles. The van der Waals surface area contributed by atoms with Crippen LogP contribution in [-0.2, 0) is 0 Å². The van der Waals surface area contributed by atoms with Crippen molar-refractivity contribution in [3.63, 3.8) is 0 Å². The van der Waals surface area contributed by atoms with Gasteiger partial charge in [0.15, 0.2) is 29.0 Å². The average Bonchev–Trinajstić information content (AvgIpc) is 2.56. The zero-order valence-electron chi connectivity index (χ0n) is 12.4. The fraction of sp³-hybridized carbons (Fsp3) is 0.118. The quantitative estimate of drug-likeness (QED) is 0.482. The molecule has 0 heterocycles. The molecule has 3 nitrogen and oxygen atoms in total. The Kier molecular flexibility index (Phi) is 4.91. The van der Waals surface area contributed by atoms with Gasteiger partial charge in [0.1, 0.15) is 0 Å². The van der Waals surface area contributed by atoms with Gasteiger partial charge in [0.05, 0.1) is 25.9 Å². The minimum Gasteiger partial charge on any atom is -0.493 e. The van der Waals surface area contributed by atoms with Crippen molar-refractivity contribution in [2.24, 2.45) is 0 Å². The van der Waals surface area contributed by atoms with Crippen molar-refractivity contribution < 1.29 is 22.6 Å². The van der Waals surface area contributed by atoms with Crippen molar-refractivity contribution >= 4 is 11.6 Å². The Bertz CT molecular complexity index is 787. The van der Waals surface area contributed by atoms with Crippen LogP contribution in [-0.4, -0.2) is 14.2 Å². The fourth-order valence-corrected chi connectivity index (χ4v) is 2.01. The summed E-state index contributed by atoms with van der Waals surface area (Å²) in [6.07, 6.45) is 1.26. The van der Waals surface area contributed by atoms with Crippen LogP contribution in [0.3, 0.4) is 0 Å². The van der Waals surface area contributed by atoms with Crippen LogP contribution in [0.1, 0.15) is 11.1 Å². The summed E-state index contributed by atoms with van der Waals surface area (Å²) in [7, 11) is 2.92. The molecule has 0 saturated heterocycles. The molecule has 0 atom stereocenters. The summed E-state index contributed by atoms with van der Waals surface area (Å²) in [6, 6.07) is 8.33. The smallest absolute Gasteiger partial charge is 0.194 e. The Hall–Kier alpha value is -2.94. The van der Waals surface area contributed by atoms with E-state index in [1.807, 2.05) is 6.07 Å². The first-order valence-corrected chi connectivity index (χ1v) is 6.49. The summed E-state index contributed by atoms with van der Waals surface area (Å²) < 4.78 is 49.7. The zero-order valence-corrected chi connectivity index (χ0v) is 12.4. The first kappa shape index (κ1) is 16.4. The third kappa shape index (κ3) is 3.46. The number of hydrogen-bond acceptors (Lipinski definition) is 3. The molecular formula is C17H12F3NO2. The third-order valence-electron chi connectivity index (χ3n) is 3.13. The molecule has 0 bridgehead atoms. The van der Waals surface area contributed by atoms with E-state index in [4.69, 9.17) is 9.47 Å². The molecule has 0 amide bonds. The Morgan fingerprint density at radius 1 is 1.00 bits per heavy atom. The lowest BCUT2D eigenvalue weighted by molar-refractivity contribution is 0.355. The molecule has 0 aliphatic heterocycles. The molecule has 0 radical (unpaired) electrons. The molecule has 23 heavy (non-hydrogen) atoms. The second-order valence-electron chi connectivity index (χ2n) is 4.54. The number of rotatable bonds is 4. The van der Waals surface area contributed by atoms with Gasteiger partial charge in [-0.25, -0.2) is 13.2 Å². The zero-order chi connectivity index (χ0) is 17.0. The molecule has 0 saturated carbocycles. The molecule has 118 valence electrons. The SMILES string of the molecule is COc1ccc(/C(C#N)=C/c2cc(F)c(F)c(F)c2)cc1OC. The summed E-state index contributed by atoms with van der Waals surface area (Å²) in [5.41, 5.74) is 0.638. The number of allylic oxidation sites excluding steroid dienone is 1. The Balaban J connectivity index is 2.50. The van der Waals surface area contributed by atoms with E-state index in [1.54, 1.807) is 18.2 Å². The van der Waals surface area contributed by atoms with Gasteiger partial charge in [0, 0.05) is 0 Å². The first-order chi connectivity index (χ1) is 11.0. The molecular weight excluding hydrogens is 307 g/mol. The molecule has 2 rings (SSSR count).